The first kappa shape index (κ1) is 12.0. The number of nitrogens with two attached hydrogens (primary N) is 1. The summed E-state index contributed by atoms with van der Waals surface area (Å²) < 4.78 is 5.07. The van der Waals surface area contributed by atoms with Gasteiger partial charge >= 0.3 is 0 Å². The van der Waals surface area contributed by atoms with Crippen LogP contribution in [0, 0.1) is 0 Å². The normalized spacial score (nSPS) is 10.1. The van der Waals surface area contributed by atoms with Crippen molar-refractivity contribution in [2.45, 2.75) is 0 Å². The van der Waals surface area contributed by atoms with Gasteiger partial charge in [0, 0.05) is 16.8 Å². The van der Waals surface area contributed by atoms with Crippen molar-refractivity contribution in [1.82, 2.24) is 0 Å². The molecule has 0 aliphatic heterocycles. The van der Waals surface area contributed by atoms with Crippen molar-refractivity contribution < 1.29 is 14.6 Å². The zero-order valence-electron chi connectivity index (χ0n) is 9.88. The Morgan fingerprint density at radius 3 is 2.44 bits per heavy atom. The van der Waals surface area contributed by atoms with E-state index in [0.29, 0.717) is 22.6 Å². The predicted molar refractivity (Wildman–Crippen MR) is 68.9 cm³/mol. The van der Waals surface area contributed by atoms with Crippen molar-refractivity contribution in [3.63, 3.8) is 0 Å². The molecule has 4 nitrogen and oxygen atoms in total. The van der Waals surface area contributed by atoms with Gasteiger partial charge in [0.05, 0.1) is 7.11 Å². The number of nitrogen functional groups attached to an aromatic ring is 1. The molecular weight excluding hydrogens is 230 g/mol. The number of ether oxygens (including phenoxy) is 1. The topological polar surface area (TPSA) is 72.5 Å². The van der Waals surface area contributed by atoms with E-state index < -0.39 is 0 Å². The number of phenolic OH excluding ortho intramolecular Hbond substituents is 1. The Hall–Kier alpha value is -2.49. The molecule has 0 heterocycles. The second kappa shape index (κ2) is 4.79. The monoisotopic (exact) mass is 243 g/mol. The minimum Gasteiger partial charge on any atom is -0.508 e. The van der Waals surface area contributed by atoms with E-state index in [1.165, 1.54) is 19.2 Å². The predicted octanol–water partition coefficient (Wildman–Crippen LogP) is 2.21. The maximum absolute atomic E-state index is 12.2. The van der Waals surface area contributed by atoms with Crippen LogP contribution in [0.25, 0.3) is 0 Å². The number of rotatable bonds is 3. The summed E-state index contributed by atoms with van der Waals surface area (Å²) in [7, 11) is 1.53. The van der Waals surface area contributed by atoms with Crippen molar-refractivity contribution in [3.05, 3.63) is 53.6 Å². The number of carbonyl (C=O) groups is 1. The third kappa shape index (κ3) is 2.27. The lowest BCUT2D eigenvalue weighted by Crippen LogP contribution is -2.05. The fraction of sp³-hybridized carbons (Fsp3) is 0.0714. The minimum absolute atomic E-state index is 0.116. The molecule has 0 aromatic heterocycles. The van der Waals surface area contributed by atoms with Crippen molar-refractivity contribution >= 4 is 11.5 Å². The number of methoxy groups -OCH3 is 1. The summed E-state index contributed by atoms with van der Waals surface area (Å²) in [4.78, 5) is 12.2. The number of hydrogen-bond donors (Lipinski definition) is 2. The molecule has 0 spiro atoms. The van der Waals surface area contributed by atoms with Crippen molar-refractivity contribution in [3.8, 4) is 11.5 Å². The first-order valence-corrected chi connectivity index (χ1v) is 5.39. The van der Waals surface area contributed by atoms with Gasteiger partial charge in [-0.05, 0) is 42.5 Å². The van der Waals surface area contributed by atoms with E-state index in [1.54, 1.807) is 30.3 Å². The van der Waals surface area contributed by atoms with E-state index in [1.807, 2.05) is 0 Å². The van der Waals surface area contributed by atoms with Crippen molar-refractivity contribution in [2.75, 3.05) is 12.8 Å². The highest BCUT2D eigenvalue weighted by molar-refractivity contribution is 6.12. The summed E-state index contributed by atoms with van der Waals surface area (Å²) in [6.07, 6.45) is 0. The average Bonchev–Trinajstić information content (AvgIpc) is 2.39. The van der Waals surface area contributed by atoms with E-state index >= 15 is 0 Å². The third-order valence-corrected chi connectivity index (χ3v) is 2.63. The molecule has 18 heavy (non-hydrogen) atoms. The number of phenols is 1. The number of benzene rings is 2. The van der Waals surface area contributed by atoms with Gasteiger partial charge < -0.3 is 15.6 Å². The smallest absolute Gasteiger partial charge is 0.195 e. The van der Waals surface area contributed by atoms with Crippen LogP contribution < -0.4 is 10.5 Å². The van der Waals surface area contributed by atoms with E-state index in [2.05, 4.69) is 0 Å². The van der Waals surface area contributed by atoms with Gasteiger partial charge in [0.15, 0.2) is 5.78 Å². The quantitative estimate of drug-likeness (QED) is 0.640. The fourth-order valence-corrected chi connectivity index (χ4v) is 1.63. The van der Waals surface area contributed by atoms with Crippen LogP contribution in [0.5, 0.6) is 11.5 Å². The number of aromatic hydroxyl groups is 1. The van der Waals surface area contributed by atoms with Gasteiger partial charge in [-0.15, -0.1) is 0 Å². The fourth-order valence-electron chi connectivity index (χ4n) is 1.63. The van der Waals surface area contributed by atoms with Crippen LogP contribution in [-0.2, 0) is 0 Å². The molecule has 4 heteroatoms. The first-order valence-electron chi connectivity index (χ1n) is 5.39. The van der Waals surface area contributed by atoms with Crippen LogP contribution in [0.15, 0.2) is 42.5 Å². The zero-order valence-corrected chi connectivity index (χ0v) is 9.88. The zero-order chi connectivity index (χ0) is 13.1. The summed E-state index contributed by atoms with van der Waals surface area (Å²) >= 11 is 0. The Bertz CT molecular complexity index is 576. The molecule has 0 atom stereocenters. The van der Waals surface area contributed by atoms with Gasteiger partial charge in [0.2, 0.25) is 0 Å². The molecule has 0 unspecified atom stereocenters. The van der Waals surface area contributed by atoms with Gasteiger partial charge in [0.25, 0.3) is 0 Å². The molecule has 0 aliphatic rings. The summed E-state index contributed by atoms with van der Waals surface area (Å²) in [6, 6.07) is 11.0. The van der Waals surface area contributed by atoms with Crippen LogP contribution >= 0.6 is 0 Å². The largest absolute Gasteiger partial charge is 0.508 e. The second-order valence-corrected chi connectivity index (χ2v) is 3.83. The lowest BCUT2D eigenvalue weighted by atomic mass is 10.0. The summed E-state index contributed by atoms with van der Waals surface area (Å²) in [5, 5.41) is 9.19. The number of hydrogen-bond acceptors (Lipinski definition) is 4. The van der Waals surface area contributed by atoms with Gasteiger partial charge in [-0.2, -0.15) is 0 Å². The lowest BCUT2D eigenvalue weighted by molar-refractivity contribution is 0.103. The molecule has 2 aromatic rings. The van der Waals surface area contributed by atoms with Gasteiger partial charge in [0.1, 0.15) is 11.5 Å². The molecule has 2 aromatic carbocycles. The highest BCUT2D eigenvalue weighted by Gasteiger charge is 2.13. The minimum atomic E-state index is -0.202. The van der Waals surface area contributed by atoms with E-state index in [9.17, 15) is 9.90 Å². The van der Waals surface area contributed by atoms with Crippen molar-refractivity contribution in [1.29, 1.82) is 0 Å². The molecule has 3 N–H and O–H groups in total. The second-order valence-electron chi connectivity index (χ2n) is 3.83. The molecule has 0 fully saturated rings. The number of carbonyl (C=O) groups excluding carboxylic acids is 1. The molecule has 0 saturated heterocycles. The van der Waals surface area contributed by atoms with Crippen molar-refractivity contribution in [2.24, 2.45) is 0 Å². The molecule has 0 bridgehead atoms. The Kier molecular flexibility index (Phi) is 3.19. The SMILES string of the molecule is COc1ccc(N)c(C(=O)c2ccc(O)cc2)c1. The average molecular weight is 243 g/mol. The third-order valence-electron chi connectivity index (χ3n) is 2.63. The maximum Gasteiger partial charge on any atom is 0.195 e. The lowest BCUT2D eigenvalue weighted by Gasteiger charge is -2.07. The Labute approximate surface area is 105 Å². The molecular formula is C14H13NO3. The van der Waals surface area contributed by atoms with Gasteiger partial charge in [-0.1, -0.05) is 0 Å². The molecule has 0 aliphatic carbocycles. The first-order chi connectivity index (χ1) is 8.61. The molecule has 92 valence electrons. The van der Waals surface area contributed by atoms with E-state index in [4.69, 9.17) is 10.5 Å². The maximum atomic E-state index is 12.2. The molecule has 2 rings (SSSR count). The number of anilines is 1. The number of ketones is 1. The molecule has 0 amide bonds. The summed E-state index contributed by atoms with van der Waals surface area (Å²) in [5.74, 6) is 0.489. The Balaban J connectivity index is 2.42. The van der Waals surface area contributed by atoms with E-state index in [0.717, 1.165) is 0 Å². The van der Waals surface area contributed by atoms with Crippen LogP contribution in [0.1, 0.15) is 15.9 Å². The highest BCUT2D eigenvalue weighted by Crippen LogP contribution is 2.23. The van der Waals surface area contributed by atoms with Crippen LogP contribution in [0.4, 0.5) is 5.69 Å². The van der Waals surface area contributed by atoms with Gasteiger partial charge in [-0.25, -0.2) is 0 Å². The Morgan fingerprint density at radius 2 is 1.83 bits per heavy atom. The summed E-state index contributed by atoms with van der Waals surface area (Å²) in [5.41, 5.74) is 7.04. The van der Waals surface area contributed by atoms with Gasteiger partial charge in [-0.3, -0.25) is 4.79 Å². The molecule has 0 radical (unpaired) electrons. The van der Waals surface area contributed by atoms with Crippen LogP contribution in [-0.4, -0.2) is 18.0 Å². The van der Waals surface area contributed by atoms with E-state index in [-0.39, 0.29) is 11.5 Å². The standard InChI is InChI=1S/C14H13NO3/c1-18-11-6-7-13(15)12(8-11)14(17)9-2-4-10(16)5-3-9/h2-8,16H,15H2,1H3. The Morgan fingerprint density at radius 1 is 1.17 bits per heavy atom. The molecule has 0 saturated carbocycles. The highest BCUT2D eigenvalue weighted by atomic mass is 16.5. The van der Waals surface area contributed by atoms with Crippen LogP contribution in [0.3, 0.4) is 0 Å². The van der Waals surface area contributed by atoms with Crippen LogP contribution in [0.2, 0.25) is 0 Å². The summed E-state index contributed by atoms with van der Waals surface area (Å²) in [6.45, 7) is 0.